The molecule has 0 radical (unpaired) electrons. The van der Waals surface area contributed by atoms with Gasteiger partial charge in [0.2, 0.25) is 0 Å². The second-order valence-corrected chi connectivity index (χ2v) is 6.05. The Morgan fingerprint density at radius 2 is 1.80 bits per heavy atom. The van der Waals surface area contributed by atoms with E-state index in [0.29, 0.717) is 25.3 Å². The van der Waals surface area contributed by atoms with Crippen molar-refractivity contribution in [1.29, 1.82) is 0 Å². The lowest BCUT2D eigenvalue weighted by Crippen LogP contribution is -2.54. The summed E-state index contributed by atoms with van der Waals surface area (Å²) in [5, 5.41) is 2.59. The van der Waals surface area contributed by atoms with Gasteiger partial charge in [0.15, 0.2) is 0 Å². The summed E-state index contributed by atoms with van der Waals surface area (Å²) < 4.78 is 57.0. The van der Waals surface area contributed by atoms with Crippen LogP contribution in [0.15, 0.2) is 48.5 Å². The van der Waals surface area contributed by atoms with Crippen LogP contribution < -0.4 is 5.32 Å². The van der Waals surface area contributed by atoms with Crippen molar-refractivity contribution in [2.24, 2.45) is 0 Å². The van der Waals surface area contributed by atoms with Crippen LogP contribution in [0.2, 0.25) is 0 Å². The number of carbonyl (C=O) groups excluding carboxylic acids is 1. The third-order valence-corrected chi connectivity index (χ3v) is 4.22. The lowest BCUT2D eigenvalue weighted by atomic mass is 9.78. The van der Waals surface area contributed by atoms with Crippen LogP contribution in [0.25, 0.3) is 0 Å². The molecule has 1 aliphatic rings. The Bertz CT molecular complexity index is 770. The molecule has 1 aliphatic heterocycles. The summed E-state index contributed by atoms with van der Waals surface area (Å²) in [6, 6.07) is 11.2. The van der Waals surface area contributed by atoms with Gasteiger partial charge in [-0.05, 0) is 23.8 Å². The number of ether oxygens (including phenoxy) is 1. The summed E-state index contributed by atoms with van der Waals surface area (Å²) >= 11 is 0. The minimum atomic E-state index is -4.72. The zero-order valence-electron chi connectivity index (χ0n) is 13.1. The summed E-state index contributed by atoms with van der Waals surface area (Å²) in [5.74, 6) is -1.86. The molecule has 1 fully saturated rings. The predicted octanol–water partition coefficient (Wildman–Crippen LogP) is 3.54. The number of rotatable bonds is 4. The van der Waals surface area contributed by atoms with E-state index in [1.807, 2.05) is 30.3 Å². The van der Waals surface area contributed by atoms with Crippen LogP contribution in [0.3, 0.4) is 0 Å². The van der Waals surface area contributed by atoms with E-state index in [1.165, 1.54) is 0 Å². The highest BCUT2D eigenvalue weighted by Crippen LogP contribution is 2.32. The van der Waals surface area contributed by atoms with Crippen LogP contribution >= 0.6 is 0 Å². The van der Waals surface area contributed by atoms with E-state index >= 15 is 0 Å². The fourth-order valence-electron chi connectivity index (χ4n) is 2.75. The molecular formula is C18H15F4NO2. The third-order valence-electron chi connectivity index (χ3n) is 4.22. The topological polar surface area (TPSA) is 38.3 Å². The normalized spacial score (nSPS) is 16.2. The first-order chi connectivity index (χ1) is 11.8. The van der Waals surface area contributed by atoms with Crippen LogP contribution in [0.1, 0.15) is 21.5 Å². The number of alkyl halides is 3. The van der Waals surface area contributed by atoms with Crippen LogP contribution in [-0.4, -0.2) is 25.7 Å². The van der Waals surface area contributed by atoms with Gasteiger partial charge in [0.1, 0.15) is 5.82 Å². The van der Waals surface area contributed by atoms with E-state index in [2.05, 4.69) is 5.32 Å². The largest absolute Gasteiger partial charge is 0.416 e. The van der Waals surface area contributed by atoms with Crippen molar-refractivity contribution >= 4 is 5.91 Å². The first-order valence-electron chi connectivity index (χ1n) is 7.59. The molecule has 1 amide bonds. The number of hydrogen-bond acceptors (Lipinski definition) is 2. The molecule has 2 aromatic carbocycles. The molecular weight excluding hydrogens is 338 g/mol. The monoisotopic (exact) mass is 353 g/mol. The Balaban J connectivity index is 1.76. The van der Waals surface area contributed by atoms with Gasteiger partial charge in [-0.2, -0.15) is 13.2 Å². The van der Waals surface area contributed by atoms with Gasteiger partial charge in [0.05, 0.1) is 24.2 Å². The molecule has 7 heteroatoms. The predicted molar refractivity (Wildman–Crippen MR) is 82.7 cm³/mol. The lowest BCUT2D eigenvalue weighted by Gasteiger charge is -2.42. The van der Waals surface area contributed by atoms with E-state index in [1.54, 1.807) is 0 Å². The molecule has 1 N–H and O–H groups in total. The Morgan fingerprint density at radius 1 is 1.12 bits per heavy atom. The zero-order chi connectivity index (χ0) is 18.1. The molecule has 2 aromatic rings. The molecule has 0 spiro atoms. The molecule has 0 aromatic heterocycles. The number of hydrogen-bond donors (Lipinski definition) is 1. The van der Waals surface area contributed by atoms with E-state index in [4.69, 9.17) is 4.74 Å². The standard InChI is InChI=1S/C18H15F4NO2/c19-15-7-12(6-14(8-15)18(20,21)22)16(24)23-9-17(10-25-11-17)13-4-2-1-3-5-13/h1-8H,9-11H2,(H,23,24). The highest BCUT2D eigenvalue weighted by Gasteiger charge is 2.40. The molecule has 3 nitrogen and oxygen atoms in total. The van der Waals surface area contributed by atoms with Crippen molar-refractivity contribution in [3.05, 3.63) is 71.0 Å². The van der Waals surface area contributed by atoms with Crippen molar-refractivity contribution in [2.75, 3.05) is 19.8 Å². The summed E-state index contributed by atoms with van der Waals surface area (Å²) in [4.78, 5) is 12.2. The fraction of sp³-hybridized carbons (Fsp3) is 0.278. The lowest BCUT2D eigenvalue weighted by molar-refractivity contribution is -0.137. The van der Waals surface area contributed by atoms with Crippen LogP contribution in [0.4, 0.5) is 17.6 Å². The van der Waals surface area contributed by atoms with Gasteiger partial charge in [-0.25, -0.2) is 4.39 Å². The average Bonchev–Trinajstić information content (AvgIpc) is 2.53. The molecule has 0 atom stereocenters. The van der Waals surface area contributed by atoms with Gasteiger partial charge in [-0.3, -0.25) is 4.79 Å². The number of benzene rings is 2. The maximum Gasteiger partial charge on any atom is 0.416 e. The molecule has 0 aliphatic carbocycles. The van der Waals surface area contributed by atoms with Gasteiger partial charge in [0, 0.05) is 12.1 Å². The van der Waals surface area contributed by atoms with Gasteiger partial charge >= 0.3 is 6.18 Å². The molecule has 3 rings (SSSR count). The van der Waals surface area contributed by atoms with Crippen molar-refractivity contribution in [3.8, 4) is 0 Å². The highest BCUT2D eigenvalue weighted by molar-refractivity contribution is 5.94. The van der Waals surface area contributed by atoms with E-state index in [9.17, 15) is 22.4 Å². The van der Waals surface area contributed by atoms with Crippen LogP contribution in [-0.2, 0) is 16.3 Å². The van der Waals surface area contributed by atoms with E-state index in [-0.39, 0.29) is 12.1 Å². The molecule has 0 bridgehead atoms. The maximum absolute atomic E-state index is 13.4. The second-order valence-electron chi connectivity index (χ2n) is 6.05. The quantitative estimate of drug-likeness (QED) is 0.854. The average molecular weight is 353 g/mol. The minimum Gasteiger partial charge on any atom is -0.379 e. The fourth-order valence-corrected chi connectivity index (χ4v) is 2.75. The van der Waals surface area contributed by atoms with Crippen LogP contribution in [0, 0.1) is 5.82 Å². The Kier molecular flexibility index (Phi) is 4.51. The third kappa shape index (κ3) is 3.66. The maximum atomic E-state index is 13.4. The highest BCUT2D eigenvalue weighted by atomic mass is 19.4. The number of amides is 1. The first kappa shape index (κ1) is 17.4. The summed E-state index contributed by atoms with van der Waals surface area (Å²) in [5.41, 5.74) is -1.01. The van der Waals surface area contributed by atoms with Gasteiger partial charge in [0.25, 0.3) is 5.91 Å². The van der Waals surface area contributed by atoms with E-state index < -0.39 is 28.9 Å². The first-order valence-corrected chi connectivity index (χ1v) is 7.59. The summed E-state index contributed by atoms with van der Waals surface area (Å²) in [6.07, 6.45) is -4.72. The van der Waals surface area contributed by atoms with Crippen molar-refractivity contribution < 1.29 is 27.1 Å². The van der Waals surface area contributed by atoms with Crippen LogP contribution in [0.5, 0.6) is 0 Å². The smallest absolute Gasteiger partial charge is 0.379 e. The molecule has 1 saturated heterocycles. The van der Waals surface area contributed by atoms with Gasteiger partial charge in [-0.1, -0.05) is 30.3 Å². The molecule has 25 heavy (non-hydrogen) atoms. The minimum absolute atomic E-state index is 0.188. The number of nitrogens with one attached hydrogen (secondary N) is 1. The SMILES string of the molecule is O=C(NCC1(c2ccccc2)COC1)c1cc(F)cc(C(F)(F)F)c1. The molecule has 0 unspecified atom stereocenters. The number of carbonyl (C=O) groups is 1. The van der Waals surface area contributed by atoms with Crippen molar-refractivity contribution in [1.82, 2.24) is 5.32 Å². The zero-order valence-corrected chi connectivity index (χ0v) is 13.1. The Hall–Kier alpha value is -2.41. The van der Waals surface area contributed by atoms with Crippen molar-refractivity contribution in [2.45, 2.75) is 11.6 Å². The molecule has 132 valence electrons. The summed E-state index contributed by atoms with van der Waals surface area (Å²) in [6.45, 7) is 0.982. The molecule has 1 heterocycles. The van der Waals surface area contributed by atoms with E-state index in [0.717, 1.165) is 11.6 Å². The number of halogens is 4. The molecule has 0 saturated carbocycles. The second kappa shape index (κ2) is 6.48. The van der Waals surface area contributed by atoms with Gasteiger partial charge < -0.3 is 10.1 Å². The van der Waals surface area contributed by atoms with Crippen molar-refractivity contribution in [3.63, 3.8) is 0 Å². The van der Waals surface area contributed by atoms with Gasteiger partial charge in [-0.15, -0.1) is 0 Å². The Morgan fingerprint density at radius 3 is 2.36 bits per heavy atom. The summed E-state index contributed by atoms with van der Waals surface area (Å²) in [7, 11) is 0. The Labute approximate surface area is 141 Å².